The van der Waals surface area contributed by atoms with E-state index in [0.717, 1.165) is 24.3 Å². The van der Waals surface area contributed by atoms with Gasteiger partial charge >= 0.3 is 0 Å². The van der Waals surface area contributed by atoms with Crippen LogP contribution in [0, 0.1) is 5.92 Å². The van der Waals surface area contributed by atoms with Crippen LogP contribution in [0.1, 0.15) is 43.0 Å². The third-order valence-electron chi connectivity index (χ3n) is 4.19. The van der Waals surface area contributed by atoms with Crippen LogP contribution in [0.2, 0.25) is 0 Å². The molecule has 104 valence electrons. The van der Waals surface area contributed by atoms with Crippen LogP contribution in [0.3, 0.4) is 0 Å². The van der Waals surface area contributed by atoms with Crippen molar-refractivity contribution in [3.63, 3.8) is 0 Å². The van der Waals surface area contributed by atoms with Gasteiger partial charge in [0.1, 0.15) is 0 Å². The summed E-state index contributed by atoms with van der Waals surface area (Å²) in [5, 5.41) is 0. The summed E-state index contributed by atoms with van der Waals surface area (Å²) >= 11 is 1.70. The monoisotopic (exact) mass is 277 g/mol. The van der Waals surface area contributed by atoms with Crippen molar-refractivity contribution in [3.05, 3.63) is 29.8 Å². The van der Waals surface area contributed by atoms with Crippen molar-refractivity contribution in [3.8, 4) is 0 Å². The van der Waals surface area contributed by atoms with Crippen LogP contribution in [0.15, 0.2) is 29.2 Å². The molecule has 0 unspecified atom stereocenters. The molecule has 1 aliphatic rings. The molecule has 1 fully saturated rings. The van der Waals surface area contributed by atoms with Gasteiger partial charge in [0, 0.05) is 23.5 Å². The Labute approximate surface area is 120 Å². The fourth-order valence-corrected chi connectivity index (χ4v) is 3.14. The van der Waals surface area contributed by atoms with Crippen molar-refractivity contribution in [2.24, 2.45) is 5.92 Å². The topological polar surface area (TPSA) is 20.3 Å². The minimum Gasteiger partial charge on any atom is -0.339 e. The number of rotatable bonds is 3. The molecule has 2 rings (SSSR count). The first kappa shape index (κ1) is 14.4. The van der Waals surface area contributed by atoms with Crippen molar-refractivity contribution < 1.29 is 4.79 Å². The third-order valence-corrected chi connectivity index (χ3v) is 4.93. The van der Waals surface area contributed by atoms with Crippen molar-refractivity contribution in [2.45, 2.75) is 43.5 Å². The lowest BCUT2D eigenvalue weighted by molar-refractivity contribution is 0.0679. The van der Waals surface area contributed by atoms with E-state index in [0.29, 0.717) is 6.04 Å². The largest absolute Gasteiger partial charge is 0.339 e. The molecule has 2 nitrogen and oxygen atoms in total. The van der Waals surface area contributed by atoms with Gasteiger partial charge in [-0.3, -0.25) is 4.79 Å². The molecule has 0 spiro atoms. The highest BCUT2D eigenvalue weighted by Gasteiger charge is 2.25. The lowest BCUT2D eigenvalue weighted by Gasteiger charge is -2.33. The smallest absolute Gasteiger partial charge is 0.253 e. The van der Waals surface area contributed by atoms with Gasteiger partial charge in [0.15, 0.2) is 0 Å². The highest BCUT2D eigenvalue weighted by atomic mass is 32.2. The Balaban J connectivity index is 2.01. The summed E-state index contributed by atoms with van der Waals surface area (Å²) in [7, 11) is 1.95. The Kier molecular flexibility index (Phi) is 4.92. The molecule has 1 aromatic rings. The fraction of sp³-hybridized carbons (Fsp3) is 0.562. The van der Waals surface area contributed by atoms with Crippen molar-refractivity contribution in [1.29, 1.82) is 0 Å². The number of thioether (sulfide) groups is 1. The quantitative estimate of drug-likeness (QED) is 0.777. The standard InChI is InChI=1S/C16H23NOS/c1-12-4-8-14(9-5-12)17(2)16(18)13-6-10-15(19-3)11-7-13/h6-7,10-12,14H,4-5,8-9H2,1-3H3. The van der Waals surface area contributed by atoms with Gasteiger partial charge in [-0.15, -0.1) is 11.8 Å². The number of amides is 1. The predicted octanol–water partition coefficient (Wildman–Crippen LogP) is 4.06. The first-order chi connectivity index (χ1) is 9.11. The Bertz CT molecular complexity index is 421. The van der Waals surface area contributed by atoms with Gasteiger partial charge in [-0.05, 0) is 62.1 Å². The molecule has 3 heteroatoms. The maximum Gasteiger partial charge on any atom is 0.253 e. The second kappa shape index (κ2) is 6.47. The molecule has 0 saturated heterocycles. The molecule has 0 atom stereocenters. The third kappa shape index (κ3) is 3.53. The summed E-state index contributed by atoms with van der Waals surface area (Å²) in [4.78, 5) is 15.6. The van der Waals surface area contributed by atoms with E-state index in [1.54, 1.807) is 11.8 Å². The zero-order chi connectivity index (χ0) is 13.8. The molecule has 0 N–H and O–H groups in total. The van der Waals surface area contributed by atoms with Gasteiger partial charge in [-0.1, -0.05) is 6.92 Å². The summed E-state index contributed by atoms with van der Waals surface area (Å²) in [6.45, 7) is 2.30. The fourth-order valence-electron chi connectivity index (χ4n) is 2.73. The van der Waals surface area contributed by atoms with Crippen LogP contribution < -0.4 is 0 Å². The predicted molar refractivity (Wildman–Crippen MR) is 81.7 cm³/mol. The molecule has 0 radical (unpaired) electrons. The molecular weight excluding hydrogens is 254 g/mol. The normalized spacial score (nSPS) is 23.1. The molecule has 1 saturated carbocycles. The molecule has 1 amide bonds. The van der Waals surface area contributed by atoms with E-state index in [1.807, 2.05) is 42.5 Å². The number of hydrogen-bond acceptors (Lipinski definition) is 2. The van der Waals surface area contributed by atoms with Gasteiger partial charge in [0.05, 0.1) is 0 Å². The highest BCUT2D eigenvalue weighted by molar-refractivity contribution is 7.98. The van der Waals surface area contributed by atoms with E-state index in [2.05, 4.69) is 6.92 Å². The van der Waals surface area contributed by atoms with Crippen LogP contribution >= 0.6 is 11.8 Å². The van der Waals surface area contributed by atoms with Crippen LogP contribution in [0.4, 0.5) is 0 Å². The van der Waals surface area contributed by atoms with E-state index in [1.165, 1.54) is 17.7 Å². The van der Waals surface area contributed by atoms with E-state index < -0.39 is 0 Å². The summed E-state index contributed by atoms with van der Waals surface area (Å²) in [5.74, 6) is 0.979. The molecule has 0 aromatic heterocycles. The van der Waals surface area contributed by atoms with E-state index in [9.17, 15) is 4.79 Å². The zero-order valence-corrected chi connectivity index (χ0v) is 12.9. The van der Waals surface area contributed by atoms with Gasteiger partial charge in [-0.2, -0.15) is 0 Å². The maximum absolute atomic E-state index is 12.4. The van der Waals surface area contributed by atoms with Crippen LogP contribution in [-0.2, 0) is 0 Å². The maximum atomic E-state index is 12.4. The first-order valence-electron chi connectivity index (χ1n) is 7.03. The Morgan fingerprint density at radius 1 is 1.16 bits per heavy atom. The van der Waals surface area contributed by atoms with Crippen molar-refractivity contribution in [2.75, 3.05) is 13.3 Å². The second-order valence-corrected chi connectivity index (χ2v) is 6.44. The highest BCUT2D eigenvalue weighted by Crippen LogP contribution is 2.27. The molecule has 1 aliphatic carbocycles. The summed E-state index contributed by atoms with van der Waals surface area (Å²) in [5.41, 5.74) is 0.805. The number of carbonyl (C=O) groups is 1. The van der Waals surface area contributed by atoms with Crippen LogP contribution in [0.25, 0.3) is 0 Å². The SMILES string of the molecule is CSc1ccc(C(=O)N(C)C2CCC(C)CC2)cc1. The summed E-state index contributed by atoms with van der Waals surface area (Å²) in [6.07, 6.45) is 6.83. The molecule has 0 bridgehead atoms. The van der Waals surface area contributed by atoms with Crippen LogP contribution in [0.5, 0.6) is 0 Å². The van der Waals surface area contributed by atoms with Gasteiger partial charge in [0.25, 0.3) is 5.91 Å². The number of carbonyl (C=O) groups excluding carboxylic acids is 1. The van der Waals surface area contributed by atoms with Crippen molar-refractivity contribution in [1.82, 2.24) is 4.90 Å². The zero-order valence-electron chi connectivity index (χ0n) is 12.1. The van der Waals surface area contributed by atoms with E-state index in [-0.39, 0.29) is 5.91 Å². The van der Waals surface area contributed by atoms with Gasteiger partial charge < -0.3 is 4.90 Å². The number of nitrogens with zero attached hydrogens (tertiary/aromatic N) is 1. The second-order valence-electron chi connectivity index (χ2n) is 5.56. The molecule has 0 aliphatic heterocycles. The van der Waals surface area contributed by atoms with Crippen LogP contribution in [-0.4, -0.2) is 30.2 Å². The average Bonchev–Trinajstić information content (AvgIpc) is 2.46. The first-order valence-corrected chi connectivity index (χ1v) is 8.25. The van der Waals surface area contributed by atoms with E-state index in [4.69, 9.17) is 0 Å². The number of hydrogen-bond donors (Lipinski definition) is 0. The molecule has 1 aromatic carbocycles. The average molecular weight is 277 g/mol. The minimum atomic E-state index is 0.159. The van der Waals surface area contributed by atoms with Crippen molar-refractivity contribution >= 4 is 17.7 Å². The van der Waals surface area contributed by atoms with E-state index >= 15 is 0 Å². The minimum absolute atomic E-state index is 0.159. The number of benzene rings is 1. The Hall–Kier alpha value is -0.960. The molecular formula is C16H23NOS. The van der Waals surface area contributed by atoms with Gasteiger partial charge in [-0.25, -0.2) is 0 Å². The molecule has 19 heavy (non-hydrogen) atoms. The summed E-state index contributed by atoms with van der Waals surface area (Å²) < 4.78 is 0. The Morgan fingerprint density at radius 2 is 1.74 bits per heavy atom. The summed E-state index contributed by atoms with van der Waals surface area (Å²) in [6, 6.07) is 8.35. The Morgan fingerprint density at radius 3 is 2.26 bits per heavy atom. The molecule has 0 heterocycles. The van der Waals surface area contributed by atoms with Gasteiger partial charge in [0.2, 0.25) is 0 Å². The lowest BCUT2D eigenvalue weighted by atomic mass is 9.86. The lowest BCUT2D eigenvalue weighted by Crippen LogP contribution is -2.39.